The Morgan fingerprint density at radius 3 is 1.05 bits per heavy atom. The van der Waals surface area contributed by atoms with Crippen LogP contribution in [0.5, 0.6) is 0 Å². The average molecular weight is 275 g/mol. The van der Waals surface area contributed by atoms with Crippen molar-refractivity contribution >= 4 is 17.9 Å². The summed E-state index contributed by atoms with van der Waals surface area (Å²) in [6.45, 7) is 8.59. The molecule has 110 valence electrons. The molecule has 0 aliphatic heterocycles. The predicted molar refractivity (Wildman–Crippen MR) is 65.5 cm³/mol. The van der Waals surface area contributed by atoms with Crippen molar-refractivity contribution < 1.29 is 28.6 Å². The molecular weight excluding hydrogens is 254 g/mol. The maximum Gasteiger partial charge on any atom is 0.304 e. The molecule has 0 saturated carbocycles. The number of nitrogens with zero attached hydrogens (tertiary/aromatic N) is 1. The molecule has 0 aromatic rings. The van der Waals surface area contributed by atoms with Gasteiger partial charge in [-0.3, -0.25) is 14.4 Å². The summed E-state index contributed by atoms with van der Waals surface area (Å²) in [5.74, 6) is -1.45. The van der Waals surface area contributed by atoms with Crippen molar-refractivity contribution in [3.8, 4) is 0 Å². The lowest BCUT2D eigenvalue weighted by Crippen LogP contribution is -2.50. The van der Waals surface area contributed by atoms with Crippen molar-refractivity contribution in [2.24, 2.45) is 0 Å². The SMILES string of the molecule is CC(=O)OC(C)N(C(C)OC(C)=O)C(C)OC(C)=O. The number of carbonyl (C=O) groups excluding carboxylic acids is 3. The first kappa shape index (κ1) is 17.4. The third kappa shape index (κ3) is 6.76. The zero-order valence-corrected chi connectivity index (χ0v) is 12.1. The van der Waals surface area contributed by atoms with Gasteiger partial charge in [0.1, 0.15) is 0 Å². The van der Waals surface area contributed by atoms with Gasteiger partial charge in [-0.1, -0.05) is 0 Å². The van der Waals surface area contributed by atoms with E-state index in [9.17, 15) is 14.4 Å². The molecule has 0 fully saturated rings. The summed E-state index contributed by atoms with van der Waals surface area (Å²) in [6, 6.07) is 0. The molecule has 0 aromatic heterocycles. The summed E-state index contributed by atoms with van der Waals surface area (Å²) in [5.41, 5.74) is 0. The van der Waals surface area contributed by atoms with Crippen LogP contribution >= 0.6 is 0 Å². The van der Waals surface area contributed by atoms with E-state index < -0.39 is 36.6 Å². The third-order valence-electron chi connectivity index (χ3n) is 2.27. The van der Waals surface area contributed by atoms with Crippen molar-refractivity contribution in [1.29, 1.82) is 0 Å². The molecule has 0 saturated heterocycles. The summed E-state index contributed by atoms with van der Waals surface area (Å²) in [4.78, 5) is 34.4. The number of esters is 3. The molecule has 3 unspecified atom stereocenters. The second kappa shape index (κ2) is 7.73. The summed E-state index contributed by atoms with van der Waals surface area (Å²) in [7, 11) is 0. The molecule has 0 amide bonds. The lowest BCUT2D eigenvalue weighted by molar-refractivity contribution is -0.210. The first-order chi connectivity index (χ1) is 8.65. The number of hydrogen-bond acceptors (Lipinski definition) is 7. The zero-order chi connectivity index (χ0) is 15.2. The quantitative estimate of drug-likeness (QED) is 0.406. The molecule has 0 aliphatic carbocycles. The van der Waals surface area contributed by atoms with E-state index >= 15 is 0 Å². The van der Waals surface area contributed by atoms with E-state index in [-0.39, 0.29) is 0 Å². The van der Waals surface area contributed by atoms with Crippen molar-refractivity contribution in [3.63, 3.8) is 0 Å². The maximum atomic E-state index is 11.0. The van der Waals surface area contributed by atoms with Gasteiger partial charge in [-0.05, 0) is 20.8 Å². The Kier molecular flexibility index (Phi) is 7.06. The fourth-order valence-corrected chi connectivity index (χ4v) is 1.79. The summed E-state index contributed by atoms with van der Waals surface area (Å²) in [6.07, 6.45) is -2.12. The summed E-state index contributed by atoms with van der Waals surface area (Å²) >= 11 is 0. The van der Waals surface area contributed by atoms with Gasteiger partial charge in [-0.2, -0.15) is 4.90 Å². The molecule has 0 radical (unpaired) electrons. The number of hydrogen-bond donors (Lipinski definition) is 0. The minimum absolute atomic E-state index is 0.484. The second-order valence-electron chi connectivity index (χ2n) is 4.07. The Bertz CT molecular complexity index is 291. The molecule has 0 aromatic carbocycles. The van der Waals surface area contributed by atoms with Gasteiger partial charge in [0.05, 0.1) is 0 Å². The molecule has 3 atom stereocenters. The van der Waals surface area contributed by atoms with Crippen LogP contribution in [0.3, 0.4) is 0 Å². The Balaban J connectivity index is 4.94. The van der Waals surface area contributed by atoms with Crippen LogP contribution in [0.4, 0.5) is 0 Å². The third-order valence-corrected chi connectivity index (χ3v) is 2.27. The van der Waals surface area contributed by atoms with Gasteiger partial charge in [0.2, 0.25) is 0 Å². The normalized spacial score (nSPS) is 15.3. The number of carbonyl (C=O) groups is 3. The van der Waals surface area contributed by atoms with Gasteiger partial charge in [0.15, 0.2) is 18.7 Å². The summed E-state index contributed by atoms with van der Waals surface area (Å²) < 4.78 is 15.1. The molecule has 0 rings (SSSR count). The summed E-state index contributed by atoms with van der Waals surface area (Å²) in [5, 5.41) is 0. The molecule has 7 nitrogen and oxygen atoms in total. The molecule has 0 aliphatic rings. The molecule has 0 N–H and O–H groups in total. The minimum Gasteiger partial charge on any atom is -0.447 e. The topological polar surface area (TPSA) is 82.1 Å². The Morgan fingerprint density at radius 2 is 0.895 bits per heavy atom. The van der Waals surface area contributed by atoms with Gasteiger partial charge in [-0.25, -0.2) is 0 Å². The highest BCUT2D eigenvalue weighted by Crippen LogP contribution is 2.15. The fourth-order valence-electron chi connectivity index (χ4n) is 1.79. The largest absolute Gasteiger partial charge is 0.447 e. The molecular formula is C12H21NO6. The highest BCUT2D eigenvalue weighted by Gasteiger charge is 2.30. The van der Waals surface area contributed by atoms with E-state index in [1.54, 1.807) is 20.8 Å². The Morgan fingerprint density at radius 1 is 0.684 bits per heavy atom. The zero-order valence-electron chi connectivity index (χ0n) is 12.1. The van der Waals surface area contributed by atoms with Crippen LogP contribution < -0.4 is 0 Å². The van der Waals surface area contributed by atoms with Crippen LogP contribution in [0, 0.1) is 0 Å². The van der Waals surface area contributed by atoms with E-state index in [4.69, 9.17) is 14.2 Å². The standard InChI is InChI=1S/C12H21NO6/c1-7(17-10(4)14)13(8(2)18-11(5)15)9(3)19-12(6)16/h7-9H,1-6H3. The van der Waals surface area contributed by atoms with Crippen molar-refractivity contribution in [3.05, 3.63) is 0 Å². The first-order valence-electron chi connectivity index (χ1n) is 5.94. The van der Waals surface area contributed by atoms with Crippen LogP contribution in [0.25, 0.3) is 0 Å². The lowest BCUT2D eigenvalue weighted by atomic mass is 10.4. The van der Waals surface area contributed by atoms with Crippen LogP contribution in [-0.4, -0.2) is 41.5 Å². The molecule has 0 bridgehead atoms. The smallest absolute Gasteiger partial charge is 0.304 e. The average Bonchev–Trinajstić information content (AvgIpc) is 2.12. The van der Waals surface area contributed by atoms with Crippen molar-refractivity contribution in [2.45, 2.75) is 60.2 Å². The highest BCUT2D eigenvalue weighted by atomic mass is 16.6. The van der Waals surface area contributed by atoms with Gasteiger partial charge in [-0.15, -0.1) is 0 Å². The number of ether oxygens (including phenoxy) is 3. The molecule has 7 heteroatoms. The van der Waals surface area contributed by atoms with Crippen molar-refractivity contribution in [1.82, 2.24) is 4.90 Å². The van der Waals surface area contributed by atoms with Crippen LogP contribution in [0.15, 0.2) is 0 Å². The minimum atomic E-state index is -0.707. The van der Waals surface area contributed by atoms with E-state index in [1.165, 1.54) is 25.7 Å². The monoisotopic (exact) mass is 275 g/mol. The molecule has 19 heavy (non-hydrogen) atoms. The van der Waals surface area contributed by atoms with E-state index in [0.717, 1.165) is 0 Å². The van der Waals surface area contributed by atoms with Gasteiger partial charge < -0.3 is 14.2 Å². The van der Waals surface area contributed by atoms with Crippen molar-refractivity contribution in [2.75, 3.05) is 0 Å². The maximum absolute atomic E-state index is 11.0. The first-order valence-corrected chi connectivity index (χ1v) is 5.94. The van der Waals surface area contributed by atoms with Gasteiger partial charge in [0.25, 0.3) is 0 Å². The van der Waals surface area contributed by atoms with E-state index in [1.807, 2.05) is 0 Å². The van der Waals surface area contributed by atoms with Gasteiger partial charge in [0, 0.05) is 20.8 Å². The predicted octanol–water partition coefficient (Wildman–Crippen LogP) is 1.02. The van der Waals surface area contributed by atoms with E-state index in [2.05, 4.69) is 0 Å². The lowest BCUT2D eigenvalue weighted by Gasteiger charge is -2.36. The molecule has 0 spiro atoms. The van der Waals surface area contributed by atoms with Crippen LogP contribution in [-0.2, 0) is 28.6 Å². The van der Waals surface area contributed by atoms with Gasteiger partial charge >= 0.3 is 17.9 Å². The highest BCUT2D eigenvalue weighted by molar-refractivity contribution is 5.67. The second-order valence-corrected chi connectivity index (χ2v) is 4.07. The van der Waals surface area contributed by atoms with E-state index in [0.29, 0.717) is 0 Å². The fraction of sp³-hybridized carbons (Fsp3) is 0.750. The van der Waals surface area contributed by atoms with Crippen LogP contribution in [0.2, 0.25) is 0 Å². The number of rotatable bonds is 6. The molecule has 0 heterocycles. The Labute approximate surface area is 112 Å². The van der Waals surface area contributed by atoms with Crippen LogP contribution in [0.1, 0.15) is 41.5 Å². The Hall–Kier alpha value is -1.63.